The number of nitrogens with two attached hydrogens (primary N) is 1. The summed E-state index contributed by atoms with van der Waals surface area (Å²) in [6.07, 6.45) is 1.52. The number of aromatic nitrogens is 1. The first-order valence-corrected chi connectivity index (χ1v) is 10.6. The minimum absolute atomic E-state index is 0.122. The van der Waals surface area contributed by atoms with Crippen LogP contribution in [-0.2, 0) is 10.1 Å². The molecule has 9 heteroatoms. The van der Waals surface area contributed by atoms with E-state index in [-0.39, 0.29) is 16.3 Å². The molecule has 1 aromatic heterocycles. The Bertz CT molecular complexity index is 1390. The van der Waals surface area contributed by atoms with Crippen LogP contribution in [0.15, 0.2) is 88.1 Å². The Balaban J connectivity index is 1.72. The molecule has 0 aliphatic heterocycles. The van der Waals surface area contributed by atoms with Crippen LogP contribution in [0.4, 0.5) is 17.1 Å². The third-order valence-electron chi connectivity index (χ3n) is 4.48. The summed E-state index contributed by atoms with van der Waals surface area (Å²) >= 11 is 6.19. The largest absolute Gasteiger partial charge is 0.396 e. The van der Waals surface area contributed by atoms with Crippen molar-refractivity contribution in [3.63, 3.8) is 0 Å². The summed E-state index contributed by atoms with van der Waals surface area (Å²) in [6.45, 7) is 0. The van der Waals surface area contributed by atoms with Crippen LogP contribution in [0, 0.1) is 0 Å². The van der Waals surface area contributed by atoms with Crippen molar-refractivity contribution >= 4 is 49.6 Å². The number of azo groups is 1. The third-order valence-corrected chi connectivity index (χ3v) is 5.70. The predicted octanol–water partition coefficient (Wildman–Crippen LogP) is 5.80. The Morgan fingerprint density at radius 3 is 2.30 bits per heavy atom. The van der Waals surface area contributed by atoms with Gasteiger partial charge in [0.2, 0.25) is 0 Å². The molecular weight excluding hydrogens is 424 g/mol. The second-order valence-corrected chi connectivity index (χ2v) is 8.21. The average molecular weight is 439 g/mol. The van der Waals surface area contributed by atoms with Gasteiger partial charge in [-0.25, -0.2) is 0 Å². The molecule has 7 nitrogen and oxygen atoms in total. The van der Waals surface area contributed by atoms with Gasteiger partial charge in [-0.1, -0.05) is 54.1 Å². The van der Waals surface area contributed by atoms with E-state index in [1.807, 2.05) is 18.2 Å². The molecule has 30 heavy (non-hydrogen) atoms. The molecule has 0 saturated heterocycles. The van der Waals surface area contributed by atoms with Crippen molar-refractivity contribution in [2.45, 2.75) is 4.90 Å². The van der Waals surface area contributed by atoms with Crippen molar-refractivity contribution in [2.24, 2.45) is 10.2 Å². The van der Waals surface area contributed by atoms with Crippen molar-refractivity contribution in [1.82, 2.24) is 4.98 Å². The monoisotopic (exact) mass is 438 g/mol. The Morgan fingerprint density at radius 1 is 0.933 bits per heavy atom. The number of nitrogen functional groups attached to an aromatic ring is 1. The van der Waals surface area contributed by atoms with Crippen molar-refractivity contribution in [2.75, 3.05) is 5.73 Å². The van der Waals surface area contributed by atoms with Crippen molar-refractivity contribution in [3.8, 4) is 11.3 Å². The van der Waals surface area contributed by atoms with E-state index in [9.17, 15) is 13.0 Å². The summed E-state index contributed by atoms with van der Waals surface area (Å²) in [6, 6.07) is 18.6. The number of nitrogens with zero attached hydrogens (tertiary/aromatic N) is 3. The number of benzene rings is 3. The number of anilines is 1. The van der Waals surface area contributed by atoms with E-state index in [0.29, 0.717) is 27.2 Å². The molecule has 0 aliphatic carbocycles. The smallest absolute Gasteiger partial charge is 0.295 e. The molecule has 0 unspecified atom stereocenters. The van der Waals surface area contributed by atoms with Gasteiger partial charge in [-0.2, -0.15) is 8.42 Å². The lowest BCUT2D eigenvalue weighted by Crippen LogP contribution is -2.01. The van der Waals surface area contributed by atoms with Gasteiger partial charge in [0.1, 0.15) is 16.3 Å². The molecule has 3 aromatic carbocycles. The maximum atomic E-state index is 11.8. The summed E-state index contributed by atoms with van der Waals surface area (Å²) in [5, 5.41) is 9.52. The number of pyridine rings is 1. The first-order valence-electron chi connectivity index (χ1n) is 8.76. The first-order chi connectivity index (χ1) is 14.3. The zero-order valence-electron chi connectivity index (χ0n) is 15.4. The van der Waals surface area contributed by atoms with Crippen LogP contribution >= 0.6 is 11.6 Å². The van der Waals surface area contributed by atoms with E-state index < -0.39 is 10.1 Å². The molecule has 0 amide bonds. The molecule has 0 radical (unpaired) electrons. The van der Waals surface area contributed by atoms with Gasteiger partial charge in [-0.05, 0) is 24.3 Å². The SMILES string of the molecule is Nc1c(N=Nc2ccc(-c3ccccc3Cl)nc2)cc(S(=O)(=O)O)c2ccccc12. The van der Waals surface area contributed by atoms with Crippen LogP contribution in [0.3, 0.4) is 0 Å². The number of hydrogen-bond acceptors (Lipinski definition) is 6. The molecule has 0 aliphatic rings. The fraction of sp³-hybridized carbons (Fsp3) is 0. The molecule has 0 atom stereocenters. The maximum Gasteiger partial charge on any atom is 0.295 e. The summed E-state index contributed by atoms with van der Waals surface area (Å²) in [5.41, 5.74) is 8.43. The maximum absolute atomic E-state index is 11.8. The molecule has 4 rings (SSSR count). The summed E-state index contributed by atoms with van der Waals surface area (Å²) in [4.78, 5) is 4.06. The third kappa shape index (κ3) is 3.88. The van der Waals surface area contributed by atoms with Gasteiger partial charge in [0, 0.05) is 21.4 Å². The normalized spacial score (nSPS) is 11.9. The summed E-state index contributed by atoms with van der Waals surface area (Å²) in [5.74, 6) is 0. The highest BCUT2D eigenvalue weighted by molar-refractivity contribution is 7.86. The molecular formula is C21H15ClN4O3S. The standard InChI is InChI=1S/C21H15ClN4O3S/c22-17-8-4-3-7-16(17)18-10-9-13(12-24-18)25-26-19-11-20(30(27,28)29)14-5-1-2-6-15(14)21(19)23/h1-12H,23H2,(H,27,28,29). The molecule has 150 valence electrons. The first kappa shape index (κ1) is 20.0. The van der Waals surface area contributed by atoms with Crippen LogP contribution in [0.25, 0.3) is 22.0 Å². The zero-order chi connectivity index (χ0) is 21.3. The van der Waals surface area contributed by atoms with Crippen molar-refractivity contribution in [3.05, 3.63) is 77.9 Å². The van der Waals surface area contributed by atoms with E-state index in [4.69, 9.17) is 17.3 Å². The lowest BCUT2D eigenvalue weighted by Gasteiger charge is -2.09. The fourth-order valence-corrected chi connectivity index (χ4v) is 3.98. The van der Waals surface area contributed by atoms with E-state index in [2.05, 4.69) is 15.2 Å². The van der Waals surface area contributed by atoms with Gasteiger partial charge in [0.15, 0.2) is 0 Å². The van der Waals surface area contributed by atoms with Gasteiger partial charge in [-0.15, -0.1) is 10.2 Å². The minimum atomic E-state index is -4.47. The number of halogens is 1. The van der Waals surface area contributed by atoms with Gasteiger partial charge in [0.25, 0.3) is 10.1 Å². The highest BCUT2D eigenvalue weighted by Gasteiger charge is 2.18. The van der Waals surface area contributed by atoms with Gasteiger partial charge < -0.3 is 5.73 Å². The second-order valence-electron chi connectivity index (χ2n) is 6.41. The molecule has 3 N–H and O–H groups in total. The number of fused-ring (bicyclic) bond motifs is 1. The van der Waals surface area contributed by atoms with E-state index in [1.54, 1.807) is 42.5 Å². The second kappa shape index (κ2) is 7.83. The Labute approximate surface area is 177 Å². The molecule has 0 spiro atoms. The highest BCUT2D eigenvalue weighted by Crippen LogP contribution is 2.36. The van der Waals surface area contributed by atoms with Crippen LogP contribution < -0.4 is 5.73 Å². The van der Waals surface area contributed by atoms with Crippen molar-refractivity contribution in [1.29, 1.82) is 0 Å². The van der Waals surface area contributed by atoms with Gasteiger partial charge in [0.05, 0.1) is 17.6 Å². The minimum Gasteiger partial charge on any atom is -0.396 e. The van der Waals surface area contributed by atoms with E-state index in [1.165, 1.54) is 12.3 Å². The average Bonchev–Trinajstić information content (AvgIpc) is 2.73. The quantitative estimate of drug-likeness (QED) is 0.237. The van der Waals surface area contributed by atoms with E-state index in [0.717, 1.165) is 5.56 Å². The topological polar surface area (TPSA) is 118 Å². The number of rotatable bonds is 4. The van der Waals surface area contributed by atoms with Gasteiger partial charge in [-0.3, -0.25) is 9.54 Å². The Kier molecular flexibility index (Phi) is 5.21. The van der Waals surface area contributed by atoms with Crippen LogP contribution in [-0.4, -0.2) is 18.0 Å². The molecule has 4 aromatic rings. The molecule has 1 heterocycles. The van der Waals surface area contributed by atoms with E-state index >= 15 is 0 Å². The van der Waals surface area contributed by atoms with Crippen LogP contribution in [0.1, 0.15) is 0 Å². The Hall–Kier alpha value is -3.33. The zero-order valence-corrected chi connectivity index (χ0v) is 17.0. The lowest BCUT2D eigenvalue weighted by atomic mass is 10.1. The van der Waals surface area contributed by atoms with Gasteiger partial charge >= 0.3 is 0 Å². The Morgan fingerprint density at radius 2 is 1.63 bits per heavy atom. The van der Waals surface area contributed by atoms with Crippen LogP contribution in [0.2, 0.25) is 5.02 Å². The fourth-order valence-electron chi connectivity index (χ4n) is 3.03. The predicted molar refractivity (Wildman–Crippen MR) is 117 cm³/mol. The summed E-state index contributed by atoms with van der Waals surface area (Å²) in [7, 11) is -4.47. The number of hydrogen-bond donors (Lipinski definition) is 2. The van der Waals surface area contributed by atoms with Crippen molar-refractivity contribution < 1.29 is 13.0 Å². The highest BCUT2D eigenvalue weighted by atomic mass is 35.5. The van der Waals surface area contributed by atoms with Crippen LogP contribution in [0.5, 0.6) is 0 Å². The molecule has 0 fully saturated rings. The lowest BCUT2D eigenvalue weighted by molar-refractivity contribution is 0.484. The molecule has 0 bridgehead atoms. The summed E-state index contributed by atoms with van der Waals surface area (Å²) < 4.78 is 33.2. The molecule has 0 saturated carbocycles.